The molecule has 76 valence electrons. The summed E-state index contributed by atoms with van der Waals surface area (Å²) in [6, 6.07) is 3.54. The van der Waals surface area contributed by atoms with E-state index < -0.39 is 22.4 Å². The Hall–Kier alpha value is -0.970. The van der Waals surface area contributed by atoms with Gasteiger partial charge in [0, 0.05) is 5.56 Å². The van der Waals surface area contributed by atoms with Gasteiger partial charge in [-0.25, -0.2) is 8.78 Å². The topological polar surface area (TPSA) is 43.1 Å². The van der Waals surface area contributed by atoms with E-state index in [4.69, 9.17) is 5.73 Å². The fourth-order valence-corrected chi connectivity index (χ4v) is 1.33. The molecule has 1 amide bonds. The van der Waals surface area contributed by atoms with Crippen LogP contribution < -0.4 is 5.73 Å². The fraction of sp³-hybridized carbons (Fsp3) is 0.222. The zero-order valence-electron chi connectivity index (χ0n) is 7.14. The Morgan fingerprint density at radius 2 is 1.93 bits per heavy atom. The monoisotopic (exact) mass is 263 g/mol. The molecule has 0 aromatic heterocycles. The van der Waals surface area contributed by atoms with E-state index in [2.05, 4.69) is 15.9 Å². The summed E-state index contributed by atoms with van der Waals surface area (Å²) in [5.74, 6) is -1.99. The van der Waals surface area contributed by atoms with Crippen LogP contribution in [0.3, 0.4) is 0 Å². The van der Waals surface area contributed by atoms with Gasteiger partial charge in [0.15, 0.2) is 0 Å². The highest BCUT2D eigenvalue weighted by atomic mass is 79.9. The highest BCUT2D eigenvalue weighted by Gasteiger charge is 2.17. The Morgan fingerprint density at radius 1 is 1.43 bits per heavy atom. The molecule has 0 saturated heterocycles. The van der Waals surface area contributed by atoms with Crippen molar-refractivity contribution in [2.45, 2.75) is 11.2 Å². The standard InChI is InChI=1S/C9H8BrF2NO/c10-6(9(13)14)4-5-7(11)2-1-3-8(5)12/h1-3,6H,4H2,(H2,13,14). The molecule has 1 unspecified atom stereocenters. The number of nitrogens with two attached hydrogens (primary N) is 1. The highest BCUT2D eigenvalue weighted by molar-refractivity contribution is 9.10. The third-order valence-corrected chi connectivity index (χ3v) is 2.53. The van der Waals surface area contributed by atoms with E-state index in [1.165, 1.54) is 6.07 Å². The van der Waals surface area contributed by atoms with Gasteiger partial charge in [-0.05, 0) is 18.6 Å². The molecule has 0 bridgehead atoms. The minimum Gasteiger partial charge on any atom is -0.369 e. The molecule has 0 aliphatic carbocycles. The minimum atomic E-state index is -0.756. The maximum Gasteiger partial charge on any atom is 0.231 e. The Morgan fingerprint density at radius 3 is 2.36 bits per heavy atom. The van der Waals surface area contributed by atoms with Crippen LogP contribution >= 0.6 is 15.9 Å². The summed E-state index contributed by atoms with van der Waals surface area (Å²) in [7, 11) is 0. The van der Waals surface area contributed by atoms with Crippen LogP contribution in [0.4, 0.5) is 8.78 Å². The van der Waals surface area contributed by atoms with Crippen LogP contribution in [0.2, 0.25) is 0 Å². The summed E-state index contributed by atoms with van der Waals surface area (Å²) < 4.78 is 26.1. The Kier molecular flexibility index (Phi) is 3.57. The molecule has 0 aliphatic rings. The van der Waals surface area contributed by atoms with Gasteiger partial charge in [-0.3, -0.25) is 4.79 Å². The van der Waals surface area contributed by atoms with Crippen molar-refractivity contribution in [2.75, 3.05) is 0 Å². The van der Waals surface area contributed by atoms with Gasteiger partial charge < -0.3 is 5.73 Å². The average molecular weight is 264 g/mol. The molecule has 0 saturated carbocycles. The van der Waals surface area contributed by atoms with Crippen LogP contribution in [0.5, 0.6) is 0 Å². The van der Waals surface area contributed by atoms with Gasteiger partial charge in [-0.1, -0.05) is 22.0 Å². The number of hydrogen-bond acceptors (Lipinski definition) is 1. The lowest BCUT2D eigenvalue weighted by Crippen LogP contribution is -2.25. The van der Waals surface area contributed by atoms with E-state index in [0.717, 1.165) is 12.1 Å². The number of halogens is 3. The molecule has 0 radical (unpaired) electrons. The summed E-state index contributed by atoms with van der Waals surface area (Å²) in [6.07, 6.45) is -0.0894. The second-order valence-electron chi connectivity index (χ2n) is 2.77. The van der Waals surface area contributed by atoms with E-state index in [9.17, 15) is 13.6 Å². The Bertz CT molecular complexity index is 336. The predicted octanol–water partition coefficient (Wildman–Crippen LogP) is 1.76. The predicted molar refractivity (Wildman–Crippen MR) is 52.0 cm³/mol. The zero-order valence-corrected chi connectivity index (χ0v) is 8.72. The normalized spacial score (nSPS) is 12.5. The maximum atomic E-state index is 13.1. The number of carbonyl (C=O) groups excluding carboxylic acids is 1. The molecular formula is C9H8BrF2NO. The molecule has 0 spiro atoms. The molecule has 1 aromatic rings. The Balaban J connectivity index is 2.91. The van der Waals surface area contributed by atoms with Crippen LogP contribution in [0, 0.1) is 11.6 Å². The number of carbonyl (C=O) groups is 1. The summed E-state index contributed by atoms with van der Waals surface area (Å²) >= 11 is 2.94. The van der Waals surface area contributed by atoms with E-state index >= 15 is 0 Å². The fourth-order valence-electron chi connectivity index (χ4n) is 1.01. The number of amides is 1. The first-order chi connectivity index (χ1) is 6.52. The van der Waals surface area contributed by atoms with E-state index in [1.807, 2.05) is 0 Å². The summed E-state index contributed by atoms with van der Waals surface area (Å²) in [5, 5.41) is 0. The number of rotatable bonds is 3. The van der Waals surface area contributed by atoms with Crippen molar-refractivity contribution in [2.24, 2.45) is 5.73 Å². The van der Waals surface area contributed by atoms with Gasteiger partial charge in [-0.2, -0.15) is 0 Å². The van der Waals surface area contributed by atoms with Gasteiger partial charge >= 0.3 is 0 Å². The van der Waals surface area contributed by atoms with Crippen molar-refractivity contribution in [3.63, 3.8) is 0 Å². The second kappa shape index (κ2) is 4.50. The third kappa shape index (κ3) is 2.51. The van der Waals surface area contributed by atoms with Crippen molar-refractivity contribution in [3.05, 3.63) is 35.4 Å². The first kappa shape index (κ1) is 11.1. The van der Waals surface area contributed by atoms with Crippen molar-refractivity contribution < 1.29 is 13.6 Å². The van der Waals surface area contributed by atoms with Gasteiger partial charge in [0.05, 0.1) is 4.83 Å². The van der Waals surface area contributed by atoms with Crippen LogP contribution in [0.25, 0.3) is 0 Å². The zero-order chi connectivity index (χ0) is 10.7. The van der Waals surface area contributed by atoms with Crippen molar-refractivity contribution in [1.29, 1.82) is 0 Å². The molecule has 2 nitrogen and oxygen atoms in total. The molecule has 1 atom stereocenters. The molecule has 1 rings (SSSR count). The van der Waals surface area contributed by atoms with Gasteiger partial charge in [0.2, 0.25) is 5.91 Å². The smallest absolute Gasteiger partial charge is 0.231 e. The Labute approximate surface area is 88.2 Å². The molecule has 0 fully saturated rings. The highest BCUT2D eigenvalue weighted by Crippen LogP contribution is 2.16. The molecular weight excluding hydrogens is 256 g/mol. The van der Waals surface area contributed by atoms with Crippen molar-refractivity contribution in [1.82, 2.24) is 0 Å². The molecule has 14 heavy (non-hydrogen) atoms. The molecule has 5 heteroatoms. The number of alkyl halides is 1. The first-order valence-corrected chi connectivity index (χ1v) is 4.80. The van der Waals surface area contributed by atoms with Crippen LogP contribution in [-0.4, -0.2) is 10.7 Å². The van der Waals surface area contributed by atoms with Crippen LogP contribution in [0.1, 0.15) is 5.56 Å². The lowest BCUT2D eigenvalue weighted by atomic mass is 10.1. The van der Waals surface area contributed by atoms with Crippen molar-refractivity contribution >= 4 is 21.8 Å². The number of hydrogen-bond donors (Lipinski definition) is 1. The summed E-state index contributed by atoms with van der Waals surface area (Å²) in [4.78, 5) is 9.90. The van der Waals surface area contributed by atoms with Gasteiger partial charge in [0.25, 0.3) is 0 Å². The average Bonchev–Trinajstić information content (AvgIpc) is 2.11. The van der Waals surface area contributed by atoms with E-state index in [1.54, 1.807) is 0 Å². The lowest BCUT2D eigenvalue weighted by molar-refractivity contribution is -0.117. The van der Waals surface area contributed by atoms with Crippen molar-refractivity contribution in [3.8, 4) is 0 Å². The summed E-state index contributed by atoms with van der Waals surface area (Å²) in [5.41, 5.74) is 4.82. The number of primary amides is 1. The molecule has 1 aromatic carbocycles. The van der Waals surface area contributed by atoms with Crippen LogP contribution in [0.15, 0.2) is 18.2 Å². The number of benzene rings is 1. The van der Waals surface area contributed by atoms with E-state index in [0.29, 0.717) is 0 Å². The quantitative estimate of drug-likeness (QED) is 0.830. The van der Waals surface area contributed by atoms with Gasteiger partial charge in [-0.15, -0.1) is 0 Å². The molecule has 0 aliphatic heterocycles. The lowest BCUT2D eigenvalue weighted by Gasteiger charge is -2.07. The van der Waals surface area contributed by atoms with Gasteiger partial charge in [0.1, 0.15) is 11.6 Å². The third-order valence-electron chi connectivity index (χ3n) is 1.75. The minimum absolute atomic E-state index is 0.0894. The van der Waals surface area contributed by atoms with E-state index in [-0.39, 0.29) is 12.0 Å². The maximum absolute atomic E-state index is 13.1. The molecule has 2 N–H and O–H groups in total. The molecule has 0 heterocycles. The van der Waals surface area contributed by atoms with Crippen LogP contribution in [-0.2, 0) is 11.2 Å². The first-order valence-electron chi connectivity index (χ1n) is 3.88. The SMILES string of the molecule is NC(=O)C(Br)Cc1c(F)cccc1F. The second-order valence-corrected chi connectivity index (χ2v) is 3.88. The summed E-state index contributed by atoms with van der Waals surface area (Å²) in [6.45, 7) is 0. The largest absolute Gasteiger partial charge is 0.369 e.